The van der Waals surface area contributed by atoms with Gasteiger partial charge < -0.3 is 10.2 Å². The van der Waals surface area contributed by atoms with Crippen LogP contribution in [0.2, 0.25) is 0 Å². The van der Waals surface area contributed by atoms with Gasteiger partial charge in [-0.2, -0.15) is 4.31 Å². The molecule has 2 fully saturated rings. The summed E-state index contributed by atoms with van der Waals surface area (Å²) in [4.78, 5) is 27.3. The minimum Gasteiger partial charge on any atom is -0.371 e. The third kappa shape index (κ3) is 4.71. The van der Waals surface area contributed by atoms with Crippen molar-refractivity contribution in [1.82, 2.24) is 4.31 Å². The van der Waals surface area contributed by atoms with Gasteiger partial charge in [0.25, 0.3) is 5.91 Å². The molecule has 0 atom stereocenters. The monoisotopic (exact) mass is 455 g/mol. The zero-order valence-corrected chi connectivity index (χ0v) is 19.2. The van der Waals surface area contributed by atoms with Crippen molar-refractivity contribution in [2.45, 2.75) is 43.9 Å². The van der Waals surface area contributed by atoms with E-state index in [0.29, 0.717) is 29.9 Å². The smallest absolute Gasteiger partial charge is 0.257 e. The van der Waals surface area contributed by atoms with E-state index >= 15 is 0 Å². The summed E-state index contributed by atoms with van der Waals surface area (Å²) in [6.07, 6.45) is 4.81. The van der Waals surface area contributed by atoms with Crippen molar-refractivity contribution in [3.63, 3.8) is 0 Å². The molecule has 2 heterocycles. The molecule has 2 aromatic carbocycles. The molecular formula is C24H29N3O4S. The Bertz CT molecular complexity index is 1120. The van der Waals surface area contributed by atoms with Gasteiger partial charge in [-0.1, -0.05) is 18.6 Å². The van der Waals surface area contributed by atoms with E-state index in [1.54, 1.807) is 36.4 Å². The maximum absolute atomic E-state index is 13.3. The predicted octanol–water partition coefficient (Wildman–Crippen LogP) is 3.92. The zero-order chi connectivity index (χ0) is 22.7. The number of amides is 1. The molecule has 0 unspecified atom stereocenters. The molecule has 0 saturated carbocycles. The molecule has 170 valence electrons. The van der Waals surface area contributed by atoms with Gasteiger partial charge in [-0.05, 0) is 62.9 Å². The summed E-state index contributed by atoms with van der Waals surface area (Å²) < 4.78 is 27.9. The van der Waals surface area contributed by atoms with Crippen molar-refractivity contribution in [1.29, 1.82) is 0 Å². The number of nitrogens with one attached hydrogen (secondary N) is 1. The first-order valence-corrected chi connectivity index (χ1v) is 12.6. The highest BCUT2D eigenvalue weighted by atomic mass is 32.2. The fourth-order valence-electron chi connectivity index (χ4n) is 4.36. The number of Topliss-reactive ketones (excluding diaryl/α,β-unsaturated/α-hetero) is 1. The van der Waals surface area contributed by atoms with Crippen LogP contribution in [-0.4, -0.2) is 50.6 Å². The summed E-state index contributed by atoms with van der Waals surface area (Å²) in [7, 11) is -3.66. The summed E-state index contributed by atoms with van der Waals surface area (Å²) in [5, 5.41) is 2.85. The van der Waals surface area contributed by atoms with Gasteiger partial charge >= 0.3 is 0 Å². The van der Waals surface area contributed by atoms with Gasteiger partial charge in [-0.25, -0.2) is 8.42 Å². The van der Waals surface area contributed by atoms with E-state index in [2.05, 4.69) is 10.2 Å². The van der Waals surface area contributed by atoms with Gasteiger partial charge in [0.15, 0.2) is 5.78 Å². The SMILES string of the molecule is CC(=O)c1cccc(NC(=O)c2cc(S(=O)(=O)N3CCCCC3)ccc2N2CCCC2)c1. The van der Waals surface area contributed by atoms with Crippen molar-refractivity contribution >= 4 is 33.1 Å². The number of benzene rings is 2. The van der Waals surface area contributed by atoms with Crippen LogP contribution >= 0.6 is 0 Å². The average molecular weight is 456 g/mol. The second-order valence-corrected chi connectivity index (χ2v) is 10.4. The van der Waals surface area contributed by atoms with Gasteiger partial charge in [0.05, 0.1) is 10.5 Å². The van der Waals surface area contributed by atoms with Crippen LogP contribution in [0, 0.1) is 0 Å². The van der Waals surface area contributed by atoms with Crippen molar-refractivity contribution in [2.75, 3.05) is 36.4 Å². The Morgan fingerprint density at radius 1 is 0.875 bits per heavy atom. The summed E-state index contributed by atoms with van der Waals surface area (Å²) >= 11 is 0. The maximum atomic E-state index is 13.3. The summed E-state index contributed by atoms with van der Waals surface area (Å²) in [5.41, 5.74) is 2.07. The first-order chi connectivity index (χ1) is 15.4. The standard InChI is InChI=1S/C24H29N3O4S/c1-18(28)19-8-7-9-20(16-19)25-24(29)22-17-21(10-11-23(22)26-12-5-6-13-26)32(30,31)27-14-3-2-4-15-27/h7-11,16-17H,2-6,12-15H2,1H3,(H,25,29). The highest BCUT2D eigenvalue weighted by Crippen LogP contribution is 2.30. The third-order valence-electron chi connectivity index (χ3n) is 6.14. The molecule has 1 N–H and O–H groups in total. The molecule has 4 rings (SSSR count). The van der Waals surface area contributed by atoms with E-state index in [1.165, 1.54) is 17.3 Å². The Labute approximate surface area is 189 Å². The Morgan fingerprint density at radius 2 is 1.56 bits per heavy atom. The second-order valence-electron chi connectivity index (χ2n) is 8.43. The number of nitrogens with zero attached hydrogens (tertiary/aromatic N) is 2. The normalized spacial score (nSPS) is 17.3. The van der Waals surface area contributed by atoms with Crippen LogP contribution in [0.5, 0.6) is 0 Å². The first kappa shape index (κ1) is 22.5. The molecule has 7 nitrogen and oxygen atoms in total. The van der Waals surface area contributed by atoms with Gasteiger partial charge in [-0.15, -0.1) is 0 Å². The molecule has 2 saturated heterocycles. The molecule has 0 bridgehead atoms. The number of hydrogen-bond donors (Lipinski definition) is 1. The summed E-state index contributed by atoms with van der Waals surface area (Å²) in [6.45, 7) is 4.16. The fourth-order valence-corrected chi connectivity index (χ4v) is 5.90. The largest absolute Gasteiger partial charge is 0.371 e. The van der Waals surface area contributed by atoms with E-state index in [4.69, 9.17) is 0 Å². The number of sulfonamides is 1. The molecule has 1 amide bonds. The number of hydrogen-bond acceptors (Lipinski definition) is 5. The average Bonchev–Trinajstić information content (AvgIpc) is 3.34. The van der Waals surface area contributed by atoms with Gasteiger partial charge in [-0.3, -0.25) is 9.59 Å². The molecule has 32 heavy (non-hydrogen) atoms. The minimum atomic E-state index is -3.66. The Morgan fingerprint density at radius 3 is 2.25 bits per heavy atom. The second kappa shape index (κ2) is 9.42. The molecule has 2 aliphatic heterocycles. The highest BCUT2D eigenvalue weighted by molar-refractivity contribution is 7.89. The fraction of sp³-hybridized carbons (Fsp3) is 0.417. The lowest BCUT2D eigenvalue weighted by molar-refractivity contribution is 0.101. The summed E-state index contributed by atoms with van der Waals surface area (Å²) in [5.74, 6) is -0.475. The van der Waals surface area contributed by atoms with Crippen LogP contribution in [0.4, 0.5) is 11.4 Å². The van der Waals surface area contributed by atoms with Crippen LogP contribution in [-0.2, 0) is 10.0 Å². The lowest BCUT2D eigenvalue weighted by Crippen LogP contribution is -2.35. The maximum Gasteiger partial charge on any atom is 0.257 e. The van der Waals surface area contributed by atoms with Crippen LogP contribution in [0.25, 0.3) is 0 Å². The number of carbonyl (C=O) groups excluding carboxylic acids is 2. The number of anilines is 2. The van der Waals surface area contributed by atoms with E-state index < -0.39 is 10.0 Å². The molecule has 8 heteroatoms. The van der Waals surface area contributed by atoms with E-state index in [0.717, 1.165) is 50.9 Å². The van der Waals surface area contributed by atoms with Crippen LogP contribution < -0.4 is 10.2 Å². The van der Waals surface area contributed by atoms with Crippen LogP contribution in [0.3, 0.4) is 0 Å². The molecule has 0 spiro atoms. The number of ketones is 1. The van der Waals surface area contributed by atoms with Gasteiger partial charge in [0, 0.05) is 43.1 Å². The summed E-state index contributed by atoms with van der Waals surface area (Å²) in [6, 6.07) is 11.6. The Hall–Kier alpha value is -2.71. The van der Waals surface area contributed by atoms with Crippen LogP contribution in [0.15, 0.2) is 47.4 Å². The van der Waals surface area contributed by atoms with Gasteiger partial charge in [0.2, 0.25) is 10.0 Å². The molecule has 0 radical (unpaired) electrons. The van der Waals surface area contributed by atoms with E-state index in [-0.39, 0.29) is 16.6 Å². The van der Waals surface area contributed by atoms with Crippen molar-refractivity contribution in [3.05, 3.63) is 53.6 Å². The number of carbonyl (C=O) groups is 2. The highest BCUT2D eigenvalue weighted by Gasteiger charge is 2.28. The first-order valence-electron chi connectivity index (χ1n) is 11.2. The molecular weight excluding hydrogens is 426 g/mol. The zero-order valence-electron chi connectivity index (χ0n) is 18.3. The Kier molecular flexibility index (Phi) is 6.62. The quantitative estimate of drug-likeness (QED) is 0.667. The molecule has 0 aliphatic carbocycles. The molecule has 2 aromatic rings. The topological polar surface area (TPSA) is 86.8 Å². The number of rotatable bonds is 6. The predicted molar refractivity (Wildman–Crippen MR) is 125 cm³/mol. The van der Waals surface area contributed by atoms with Crippen LogP contribution in [0.1, 0.15) is 59.7 Å². The van der Waals surface area contributed by atoms with Crippen molar-refractivity contribution < 1.29 is 18.0 Å². The lowest BCUT2D eigenvalue weighted by atomic mass is 10.1. The minimum absolute atomic E-state index is 0.0894. The lowest BCUT2D eigenvalue weighted by Gasteiger charge is -2.27. The Balaban J connectivity index is 1.69. The van der Waals surface area contributed by atoms with Crippen molar-refractivity contribution in [3.8, 4) is 0 Å². The third-order valence-corrected chi connectivity index (χ3v) is 8.03. The van der Waals surface area contributed by atoms with Gasteiger partial charge in [0.1, 0.15) is 0 Å². The van der Waals surface area contributed by atoms with E-state index in [1.807, 2.05) is 0 Å². The molecule has 0 aromatic heterocycles. The van der Waals surface area contributed by atoms with E-state index in [9.17, 15) is 18.0 Å². The van der Waals surface area contributed by atoms with Crippen molar-refractivity contribution in [2.24, 2.45) is 0 Å². The number of piperidine rings is 1. The molecule has 2 aliphatic rings.